The lowest BCUT2D eigenvalue weighted by Gasteiger charge is -2.26. The molecule has 1 aliphatic rings. The Morgan fingerprint density at radius 1 is 1.08 bits per heavy atom. The number of rotatable bonds is 10. The SMILES string of the molecule is CC(C)Sc1nnc(-c2c(CNCCCN3CCOCC3)c3cc(F)ccc3n2C)n1-c1ccccc1. The van der Waals surface area contributed by atoms with E-state index in [1.807, 2.05) is 31.3 Å². The Bertz CT molecular complexity index is 1330. The molecule has 0 bridgehead atoms. The number of para-hydroxylation sites is 1. The highest BCUT2D eigenvalue weighted by molar-refractivity contribution is 7.99. The molecule has 0 amide bonds. The van der Waals surface area contributed by atoms with E-state index in [4.69, 9.17) is 9.84 Å². The molecule has 1 aliphatic heterocycles. The summed E-state index contributed by atoms with van der Waals surface area (Å²) in [5.41, 5.74) is 3.97. The fourth-order valence-corrected chi connectivity index (χ4v) is 5.75. The first kappa shape index (κ1) is 25.9. The molecule has 0 spiro atoms. The number of hydrogen-bond donors (Lipinski definition) is 1. The van der Waals surface area contributed by atoms with Gasteiger partial charge < -0.3 is 14.6 Å². The van der Waals surface area contributed by atoms with E-state index < -0.39 is 0 Å². The number of halogens is 1. The van der Waals surface area contributed by atoms with Crippen molar-refractivity contribution >= 4 is 22.7 Å². The van der Waals surface area contributed by atoms with Gasteiger partial charge in [-0.1, -0.05) is 43.8 Å². The Hall–Kier alpha value is -2.72. The van der Waals surface area contributed by atoms with Gasteiger partial charge in [0.2, 0.25) is 0 Å². The second-order valence-corrected chi connectivity index (χ2v) is 11.2. The Kier molecular flexibility index (Phi) is 8.24. The molecule has 0 radical (unpaired) electrons. The van der Waals surface area contributed by atoms with E-state index in [2.05, 4.69) is 50.4 Å². The third-order valence-electron chi connectivity index (χ3n) is 6.70. The molecule has 0 atom stereocenters. The van der Waals surface area contributed by atoms with E-state index in [1.54, 1.807) is 17.8 Å². The van der Waals surface area contributed by atoms with Crippen molar-refractivity contribution in [3.05, 3.63) is 59.9 Å². The quantitative estimate of drug-likeness (QED) is 0.237. The minimum atomic E-state index is -0.237. The van der Waals surface area contributed by atoms with Crippen LogP contribution in [0.2, 0.25) is 0 Å². The Labute approximate surface area is 222 Å². The van der Waals surface area contributed by atoms with Crippen LogP contribution in [-0.2, 0) is 18.3 Å². The van der Waals surface area contributed by atoms with Gasteiger partial charge in [0.05, 0.1) is 18.9 Å². The number of aryl methyl sites for hydroxylation is 1. The second kappa shape index (κ2) is 11.8. The van der Waals surface area contributed by atoms with Crippen LogP contribution in [-0.4, -0.2) is 68.9 Å². The number of ether oxygens (including phenoxy) is 1. The van der Waals surface area contributed by atoms with Crippen molar-refractivity contribution in [2.45, 2.75) is 37.2 Å². The fraction of sp³-hybridized carbons (Fsp3) is 0.429. The number of aromatic nitrogens is 4. The zero-order valence-corrected chi connectivity index (χ0v) is 22.6. The normalized spacial score (nSPS) is 14.7. The van der Waals surface area contributed by atoms with Crippen molar-refractivity contribution in [3.63, 3.8) is 0 Å². The standard InChI is InChI=1S/C28H35FN6OS/c1-20(2)37-28-32-31-27(35(28)22-8-5-4-6-9-22)26-24(23-18-21(29)10-11-25(23)33(26)3)19-30-12-7-13-34-14-16-36-17-15-34/h4-6,8-11,18,20,30H,7,12-17,19H2,1-3H3. The lowest BCUT2D eigenvalue weighted by Crippen LogP contribution is -2.37. The highest BCUT2D eigenvalue weighted by atomic mass is 32.2. The van der Waals surface area contributed by atoms with E-state index >= 15 is 0 Å². The van der Waals surface area contributed by atoms with E-state index in [0.717, 1.165) is 84.6 Å². The lowest BCUT2D eigenvalue weighted by atomic mass is 10.1. The maximum absolute atomic E-state index is 14.4. The molecule has 0 unspecified atom stereocenters. The van der Waals surface area contributed by atoms with Crippen LogP contribution in [0.5, 0.6) is 0 Å². The highest BCUT2D eigenvalue weighted by Crippen LogP contribution is 2.36. The van der Waals surface area contributed by atoms with Gasteiger partial charge in [-0.3, -0.25) is 9.47 Å². The van der Waals surface area contributed by atoms with Crippen molar-refractivity contribution in [2.75, 3.05) is 39.4 Å². The maximum atomic E-state index is 14.4. The van der Waals surface area contributed by atoms with Crippen LogP contribution in [0.3, 0.4) is 0 Å². The molecule has 3 heterocycles. The van der Waals surface area contributed by atoms with Crippen LogP contribution in [0.4, 0.5) is 4.39 Å². The molecule has 7 nitrogen and oxygen atoms in total. The predicted molar refractivity (Wildman–Crippen MR) is 148 cm³/mol. The van der Waals surface area contributed by atoms with Gasteiger partial charge in [-0.25, -0.2) is 4.39 Å². The summed E-state index contributed by atoms with van der Waals surface area (Å²) in [5, 5.41) is 15.0. The lowest BCUT2D eigenvalue weighted by molar-refractivity contribution is 0.0374. The second-order valence-electron chi connectivity index (χ2n) is 9.68. The van der Waals surface area contributed by atoms with Crippen molar-refractivity contribution in [1.82, 2.24) is 29.5 Å². The fourth-order valence-electron chi connectivity index (χ4n) is 4.94. The first-order valence-electron chi connectivity index (χ1n) is 13.0. The summed E-state index contributed by atoms with van der Waals surface area (Å²) >= 11 is 1.69. The summed E-state index contributed by atoms with van der Waals surface area (Å²) in [7, 11) is 2.02. The molecule has 5 rings (SSSR count). The highest BCUT2D eigenvalue weighted by Gasteiger charge is 2.25. The Balaban J connectivity index is 1.50. The molecule has 2 aromatic heterocycles. The molecular weight excluding hydrogens is 487 g/mol. The van der Waals surface area contributed by atoms with Gasteiger partial charge in [0, 0.05) is 54.1 Å². The number of morpholine rings is 1. The first-order valence-corrected chi connectivity index (χ1v) is 13.9. The van der Waals surface area contributed by atoms with Crippen molar-refractivity contribution in [1.29, 1.82) is 0 Å². The monoisotopic (exact) mass is 522 g/mol. The van der Waals surface area contributed by atoms with Crippen LogP contribution < -0.4 is 5.32 Å². The van der Waals surface area contributed by atoms with E-state index in [-0.39, 0.29) is 5.82 Å². The molecule has 1 N–H and O–H groups in total. The van der Waals surface area contributed by atoms with Crippen molar-refractivity contribution in [2.24, 2.45) is 7.05 Å². The molecule has 4 aromatic rings. The van der Waals surface area contributed by atoms with E-state index in [0.29, 0.717) is 11.8 Å². The minimum absolute atomic E-state index is 0.237. The summed E-state index contributed by atoms with van der Waals surface area (Å²) < 4.78 is 24.1. The topological polar surface area (TPSA) is 60.1 Å². The molecule has 196 valence electrons. The first-order chi connectivity index (χ1) is 18.0. The number of fused-ring (bicyclic) bond motifs is 1. The molecule has 9 heteroatoms. The van der Waals surface area contributed by atoms with Gasteiger partial charge in [0.15, 0.2) is 11.0 Å². The van der Waals surface area contributed by atoms with E-state index in [9.17, 15) is 4.39 Å². The minimum Gasteiger partial charge on any atom is -0.379 e. The molecule has 37 heavy (non-hydrogen) atoms. The zero-order valence-electron chi connectivity index (χ0n) is 21.8. The summed E-state index contributed by atoms with van der Waals surface area (Å²) in [4.78, 5) is 2.44. The van der Waals surface area contributed by atoms with Crippen molar-refractivity contribution < 1.29 is 9.13 Å². The number of benzene rings is 2. The average Bonchev–Trinajstić information content (AvgIpc) is 3.42. The molecule has 1 saturated heterocycles. The number of hydrogen-bond acceptors (Lipinski definition) is 6. The summed E-state index contributed by atoms with van der Waals surface area (Å²) in [6.07, 6.45) is 1.05. The smallest absolute Gasteiger partial charge is 0.196 e. The molecule has 2 aromatic carbocycles. The van der Waals surface area contributed by atoms with Gasteiger partial charge in [-0.2, -0.15) is 0 Å². The van der Waals surface area contributed by atoms with Crippen LogP contribution in [0, 0.1) is 5.82 Å². The zero-order chi connectivity index (χ0) is 25.8. The van der Waals surface area contributed by atoms with Gasteiger partial charge in [0.1, 0.15) is 5.82 Å². The van der Waals surface area contributed by atoms with Gasteiger partial charge in [0.25, 0.3) is 0 Å². The van der Waals surface area contributed by atoms with Gasteiger partial charge in [-0.15, -0.1) is 10.2 Å². The number of nitrogens with one attached hydrogen (secondary N) is 1. The molecule has 1 fully saturated rings. The van der Waals surface area contributed by atoms with Crippen LogP contribution >= 0.6 is 11.8 Å². The van der Waals surface area contributed by atoms with Crippen LogP contribution in [0.15, 0.2) is 53.7 Å². The molecule has 0 aliphatic carbocycles. The third-order valence-corrected chi connectivity index (χ3v) is 7.65. The Morgan fingerprint density at radius 3 is 2.62 bits per heavy atom. The summed E-state index contributed by atoms with van der Waals surface area (Å²) in [6, 6.07) is 15.2. The van der Waals surface area contributed by atoms with Gasteiger partial charge >= 0.3 is 0 Å². The van der Waals surface area contributed by atoms with Crippen LogP contribution in [0.1, 0.15) is 25.8 Å². The molecule has 0 saturated carbocycles. The molecular formula is C28H35FN6OS. The Morgan fingerprint density at radius 2 is 1.86 bits per heavy atom. The predicted octanol–water partition coefficient (Wildman–Crippen LogP) is 4.88. The largest absolute Gasteiger partial charge is 0.379 e. The van der Waals surface area contributed by atoms with E-state index in [1.165, 1.54) is 6.07 Å². The number of thioether (sulfide) groups is 1. The van der Waals surface area contributed by atoms with Crippen molar-refractivity contribution in [3.8, 4) is 17.2 Å². The van der Waals surface area contributed by atoms with Gasteiger partial charge in [-0.05, 0) is 49.8 Å². The maximum Gasteiger partial charge on any atom is 0.196 e. The van der Waals surface area contributed by atoms with Crippen LogP contribution in [0.25, 0.3) is 28.1 Å². The average molecular weight is 523 g/mol. The summed E-state index contributed by atoms with van der Waals surface area (Å²) in [5.74, 6) is 0.525. The summed E-state index contributed by atoms with van der Waals surface area (Å²) in [6.45, 7) is 10.5. The number of nitrogens with zero attached hydrogens (tertiary/aromatic N) is 5. The third kappa shape index (κ3) is 5.75.